The molecule has 4 heterocycles. The van der Waals surface area contributed by atoms with Gasteiger partial charge in [0.05, 0.1) is 35.0 Å². The first-order valence-corrected chi connectivity index (χ1v) is 23.9. The number of guanidine groups is 2. The Morgan fingerprint density at radius 1 is 0.536 bits per heavy atom. The van der Waals surface area contributed by atoms with E-state index in [0.717, 1.165) is 61.8 Å². The van der Waals surface area contributed by atoms with Gasteiger partial charge in [0.15, 0.2) is 0 Å². The topological polar surface area (TPSA) is 112 Å². The molecule has 298 valence electrons. The highest BCUT2D eigenvalue weighted by molar-refractivity contribution is 7.90. The molecule has 56 heavy (non-hydrogen) atoms. The van der Waals surface area contributed by atoms with Crippen molar-refractivity contribution >= 4 is 54.3 Å². The average Bonchev–Trinajstić information content (AvgIpc) is 3.93. The molecule has 7 aliphatic rings. The van der Waals surface area contributed by atoms with Crippen molar-refractivity contribution in [3.63, 3.8) is 0 Å². The molecule has 2 unspecified atom stereocenters. The van der Waals surface area contributed by atoms with Gasteiger partial charge in [0, 0.05) is 69.5 Å². The summed E-state index contributed by atoms with van der Waals surface area (Å²) < 4.78 is 61.8. The van der Waals surface area contributed by atoms with Gasteiger partial charge in [0.25, 0.3) is 20.0 Å². The Morgan fingerprint density at radius 2 is 1.02 bits per heavy atom. The molecule has 3 aromatic rings. The van der Waals surface area contributed by atoms with Crippen molar-refractivity contribution in [3.05, 3.63) is 70.7 Å². The minimum atomic E-state index is -4.04. The molecule has 2 saturated heterocycles. The van der Waals surface area contributed by atoms with Crippen LogP contribution in [-0.2, 0) is 32.9 Å². The largest absolute Gasteiger partial charge is 0.339 e. The minimum absolute atomic E-state index is 0.0861. The van der Waals surface area contributed by atoms with Crippen LogP contribution < -0.4 is 0 Å². The third kappa shape index (κ3) is 6.57. The molecular weight excluding hydrogens is 768 g/mol. The van der Waals surface area contributed by atoms with Crippen molar-refractivity contribution in [2.45, 2.75) is 91.7 Å². The lowest BCUT2D eigenvalue weighted by atomic mass is 9.91. The molecule has 4 fully saturated rings. The lowest BCUT2D eigenvalue weighted by molar-refractivity contribution is 0.0833. The molecule has 0 radical (unpaired) electrons. The fraction of sp³-hybridized carbons (Fsp3) is 0.561. The predicted molar refractivity (Wildman–Crippen MR) is 219 cm³/mol. The van der Waals surface area contributed by atoms with E-state index in [1.807, 2.05) is 24.3 Å². The maximum Gasteiger partial charge on any atom is 0.266 e. The number of aryl methyl sites for hydroxylation is 2. The lowest BCUT2D eigenvalue weighted by Crippen LogP contribution is -2.56. The van der Waals surface area contributed by atoms with E-state index in [1.54, 1.807) is 30.3 Å². The summed E-state index contributed by atoms with van der Waals surface area (Å²) in [5.41, 5.74) is 2.33. The number of halogens is 1. The summed E-state index contributed by atoms with van der Waals surface area (Å²) in [4.78, 5) is 20.2. The third-order valence-corrected chi connectivity index (χ3v) is 17.3. The number of benzene rings is 3. The Hall–Kier alpha value is -3.43. The van der Waals surface area contributed by atoms with Gasteiger partial charge in [0.2, 0.25) is 11.9 Å². The molecule has 0 spiro atoms. The van der Waals surface area contributed by atoms with E-state index in [1.165, 1.54) is 52.7 Å². The average molecular weight is 819 g/mol. The summed E-state index contributed by atoms with van der Waals surface area (Å²) in [6.45, 7) is 6.36. The molecule has 0 aromatic heterocycles. The number of hydrogen-bond donors (Lipinski definition) is 0. The van der Waals surface area contributed by atoms with E-state index in [0.29, 0.717) is 60.1 Å². The van der Waals surface area contributed by atoms with Crippen LogP contribution in [0.1, 0.15) is 56.1 Å². The van der Waals surface area contributed by atoms with E-state index >= 15 is 0 Å². The molecule has 3 aliphatic carbocycles. The highest BCUT2D eigenvalue weighted by Gasteiger charge is 2.47. The van der Waals surface area contributed by atoms with Crippen molar-refractivity contribution in [1.82, 2.24) is 28.2 Å². The zero-order valence-corrected chi connectivity index (χ0v) is 34.2. The molecule has 3 aromatic carbocycles. The van der Waals surface area contributed by atoms with Crippen LogP contribution in [0.15, 0.2) is 74.4 Å². The first-order chi connectivity index (χ1) is 27.1. The third-order valence-electron chi connectivity index (χ3n) is 13.6. The van der Waals surface area contributed by atoms with Crippen molar-refractivity contribution in [2.24, 2.45) is 9.98 Å². The van der Waals surface area contributed by atoms with Gasteiger partial charge in [-0.25, -0.2) is 35.4 Å². The number of aliphatic imine (C=N–C) groups is 2. The van der Waals surface area contributed by atoms with Gasteiger partial charge < -0.3 is 9.80 Å². The Kier molecular flexibility index (Phi) is 9.51. The Bertz CT molecular complexity index is 2300. The number of fused-ring (bicyclic) bond motifs is 2. The van der Waals surface area contributed by atoms with Crippen LogP contribution in [0, 0.1) is 0 Å². The maximum atomic E-state index is 14.7. The van der Waals surface area contributed by atoms with E-state index in [-0.39, 0.29) is 18.0 Å². The van der Waals surface area contributed by atoms with Crippen molar-refractivity contribution < 1.29 is 16.8 Å². The van der Waals surface area contributed by atoms with Crippen LogP contribution in [0.4, 0.5) is 0 Å². The fourth-order valence-electron chi connectivity index (χ4n) is 9.71. The predicted octanol–water partition coefficient (Wildman–Crippen LogP) is 4.48. The Balaban J connectivity index is 0.978. The van der Waals surface area contributed by atoms with Crippen molar-refractivity contribution in [1.29, 1.82) is 0 Å². The van der Waals surface area contributed by atoms with Crippen LogP contribution in [0.2, 0.25) is 5.02 Å². The quantitative estimate of drug-likeness (QED) is 0.344. The number of hydrogen-bond acceptors (Lipinski definition) is 10. The van der Waals surface area contributed by atoms with Crippen LogP contribution in [0.25, 0.3) is 10.8 Å². The molecule has 10 rings (SSSR count). The minimum Gasteiger partial charge on any atom is -0.339 e. The highest BCUT2D eigenvalue weighted by atomic mass is 35.5. The van der Waals surface area contributed by atoms with Gasteiger partial charge in [-0.15, -0.1) is 0 Å². The van der Waals surface area contributed by atoms with E-state index < -0.39 is 32.1 Å². The van der Waals surface area contributed by atoms with Gasteiger partial charge in [-0.2, -0.15) is 0 Å². The standard InChI is InChI=1S/C41H51ClN8O4S2/c42-33-13-10-32-26-37(15-12-31(32)24-33)56(53,54)50-28-39(44-41(50)48-22-18-46(19-23-48)35-8-3-9-35)38-27-49(55(51,52)36-14-11-29-4-1-5-30(29)25-36)40(43-38)47-20-16-45(17-21-47)34-6-2-7-34/h10-15,24-26,34-35,38-39H,1-9,16-23,27-28H2. The van der Waals surface area contributed by atoms with Gasteiger partial charge in [-0.1, -0.05) is 42.6 Å². The molecule has 15 heteroatoms. The molecule has 0 amide bonds. The smallest absolute Gasteiger partial charge is 0.266 e. The van der Waals surface area contributed by atoms with Gasteiger partial charge in [0.1, 0.15) is 0 Å². The normalized spacial score (nSPS) is 25.7. The number of rotatable bonds is 7. The summed E-state index contributed by atoms with van der Waals surface area (Å²) in [5, 5.41) is 2.24. The molecule has 0 bridgehead atoms. The number of sulfonamides is 2. The second kappa shape index (κ2) is 14.4. The second-order valence-electron chi connectivity index (χ2n) is 16.7. The Labute approximate surface area is 335 Å². The van der Waals surface area contributed by atoms with E-state index in [9.17, 15) is 16.8 Å². The zero-order valence-electron chi connectivity index (χ0n) is 31.8. The monoisotopic (exact) mass is 818 g/mol. The summed E-state index contributed by atoms with van der Waals surface area (Å²) in [7, 11) is -8.00. The van der Waals surface area contributed by atoms with Crippen LogP contribution in [-0.4, -0.2) is 147 Å². The highest BCUT2D eigenvalue weighted by Crippen LogP contribution is 2.34. The first kappa shape index (κ1) is 36.9. The van der Waals surface area contributed by atoms with E-state index in [4.69, 9.17) is 21.6 Å². The van der Waals surface area contributed by atoms with Crippen molar-refractivity contribution in [3.8, 4) is 0 Å². The first-order valence-electron chi connectivity index (χ1n) is 20.6. The molecule has 0 N–H and O–H groups in total. The fourth-order valence-corrected chi connectivity index (χ4v) is 12.9. The summed E-state index contributed by atoms with van der Waals surface area (Å²) in [6, 6.07) is 16.3. The number of nitrogens with zero attached hydrogens (tertiary/aromatic N) is 8. The summed E-state index contributed by atoms with van der Waals surface area (Å²) in [5.74, 6) is 0.898. The summed E-state index contributed by atoms with van der Waals surface area (Å²) in [6.07, 6.45) is 10.3. The maximum absolute atomic E-state index is 14.7. The van der Waals surface area contributed by atoms with Crippen molar-refractivity contribution in [2.75, 3.05) is 65.4 Å². The zero-order chi connectivity index (χ0) is 38.2. The lowest BCUT2D eigenvalue weighted by Gasteiger charge is -2.44. The molecule has 2 atom stereocenters. The van der Waals surface area contributed by atoms with Crippen LogP contribution in [0.3, 0.4) is 0 Å². The second-order valence-corrected chi connectivity index (χ2v) is 20.9. The van der Waals surface area contributed by atoms with Gasteiger partial charge in [-0.05, 0) is 103 Å². The molecule has 4 aliphatic heterocycles. The molecule has 12 nitrogen and oxygen atoms in total. The SMILES string of the molecule is O=S(=O)(c1ccc2c(c1)CCC2)N1CC(C2CN(S(=O)(=O)c3ccc4cc(Cl)ccc4c3)C(N3CCN(C4CCC4)CC3)=N2)N=C1N1CCN(C2CCC2)CC1. The van der Waals surface area contributed by atoms with E-state index in [2.05, 4.69) is 19.6 Å². The molecular formula is C41H51ClN8O4S2. The van der Waals surface area contributed by atoms with Gasteiger partial charge >= 0.3 is 0 Å². The Morgan fingerprint density at radius 3 is 1.55 bits per heavy atom. The number of piperazine rings is 2. The van der Waals surface area contributed by atoms with Gasteiger partial charge in [-0.3, -0.25) is 9.80 Å². The molecule has 2 saturated carbocycles. The van der Waals surface area contributed by atoms with Crippen LogP contribution in [0.5, 0.6) is 0 Å². The summed E-state index contributed by atoms with van der Waals surface area (Å²) >= 11 is 6.25. The van der Waals surface area contributed by atoms with Crippen LogP contribution >= 0.6 is 11.6 Å².